The number of esters is 1. The van der Waals surface area contributed by atoms with Crippen molar-refractivity contribution in [3.05, 3.63) is 76.4 Å². The number of aryl methyl sites for hydroxylation is 1. The maximum atomic E-state index is 14.3. The third-order valence-electron chi connectivity index (χ3n) is 3.84. The van der Waals surface area contributed by atoms with Crippen molar-refractivity contribution in [2.45, 2.75) is 6.92 Å². The molecule has 0 aliphatic rings. The van der Waals surface area contributed by atoms with E-state index in [1.807, 2.05) is 31.2 Å². The Bertz CT molecular complexity index is 977. The number of aromatic nitrogens is 1. The molecule has 0 saturated heterocycles. The minimum absolute atomic E-state index is 0.00791. The number of methoxy groups -OCH3 is 1. The summed E-state index contributed by atoms with van der Waals surface area (Å²) in [5.41, 5.74) is 1.95. The largest absolute Gasteiger partial charge is 0.465 e. The summed E-state index contributed by atoms with van der Waals surface area (Å²) in [5.74, 6) is -1.20. The van der Waals surface area contributed by atoms with Crippen molar-refractivity contribution < 1.29 is 18.4 Å². The second-order valence-corrected chi connectivity index (χ2v) is 6.11. The van der Waals surface area contributed by atoms with Crippen LogP contribution >= 0.6 is 11.6 Å². The Balaban J connectivity index is 1.96. The molecule has 0 amide bonds. The lowest BCUT2D eigenvalue weighted by molar-refractivity contribution is 0.0600. The highest BCUT2D eigenvalue weighted by Gasteiger charge is 2.26. The highest BCUT2D eigenvalue weighted by Crippen LogP contribution is 2.34. The summed E-state index contributed by atoms with van der Waals surface area (Å²) in [4.78, 5) is 12.2. The van der Waals surface area contributed by atoms with E-state index in [4.69, 9.17) is 20.9 Å². The number of anilines is 1. The average molecular weight is 387 g/mol. The third-order valence-corrected chi connectivity index (χ3v) is 4.16. The summed E-state index contributed by atoms with van der Waals surface area (Å²) in [5, 5.41) is 7.00. The molecule has 0 radical (unpaired) electrons. The first-order valence-electron chi connectivity index (χ1n) is 8.03. The molecule has 0 bridgehead atoms. The highest BCUT2D eigenvalue weighted by molar-refractivity contribution is 6.33. The average Bonchev–Trinajstić information content (AvgIpc) is 3.06. The second kappa shape index (κ2) is 8.05. The van der Waals surface area contributed by atoms with Gasteiger partial charge in [-0.1, -0.05) is 40.5 Å². The van der Waals surface area contributed by atoms with Crippen LogP contribution in [0.25, 0.3) is 17.3 Å². The van der Waals surface area contributed by atoms with Crippen LogP contribution in [0.1, 0.15) is 21.7 Å². The van der Waals surface area contributed by atoms with Crippen LogP contribution < -0.4 is 5.32 Å². The fraction of sp³-hybridized carbons (Fsp3) is 0.100. The van der Waals surface area contributed by atoms with Crippen LogP contribution in [-0.4, -0.2) is 18.2 Å². The monoisotopic (exact) mass is 386 g/mol. The van der Waals surface area contributed by atoms with Gasteiger partial charge in [0.1, 0.15) is 17.1 Å². The molecule has 2 aromatic carbocycles. The number of rotatable bonds is 5. The molecule has 3 rings (SSSR count). The summed E-state index contributed by atoms with van der Waals surface area (Å²) in [6.07, 6.45) is 3.10. The fourth-order valence-corrected chi connectivity index (χ4v) is 2.73. The number of nitrogens with one attached hydrogen (secondary N) is 1. The molecule has 3 aromatic rings. The predicted octanol–water partition coefficient (Wildman–Crippen LogP) is 5.31. The second-order valence-electron chi connectivity index (χ2n) is 5.70. The Morgan fingerprint density at radius 1 is 1.26 bits per heavy atom. The van der Waals surface area contributed by atoms with Crippen LogP contribution in [0.4, 0.5) is 10.1 Å². The zero-order chi connectivity index (χ0) is 19.4. The predicted molar refractivity (Wildman–Crippen MR) is 102 cm³/mol. The van der Waals surface area contributed by atoms with E-state index in [1.54, 1.807) is 6.20 Å². The molecule has 7 heteroatoms. The van der Waals surface area contributed by atoms with Crippen molar-refractivity contribution in [3.63, 3.8) is 0 Å². The first kappa shape index (κ1) is 18.7. The molecule has 0 atom stereocenters. The Morgan fingerprint density at radius 3 is 2.67 bits per heavy atom. The van der Waals surface area contributed by atoms with E-state index in [0.717, 1.165) is 11.3 Å². The van der Waals surface area contributed by atoms with Crippen LogP contribution in [0.15, 0.2) is 53.2 Å². The lowest BCUT2D eigenvalue weighted by atomic mass is 10.1. The van der Waals surface area contributed by atoms with Gasteiger partial charge in [-0.3, -0.25) is 0 Å². The molecule has 1 N–H and O–H groups in total. The number of hydrogen-bond acceptors (Lipinski definition) is 5. The number of hydrogen-bond donors (Lipinski definition) is 1. The summed E-state index contributed by atoms with van der Waals surface area (Å²) in [6.45, 7) is 1.99. The molecule has 0 spiro atoms. The molecular formula is C20H16ClFN2O3. The van der Waals surface area contributed by atoms with Gasteiger partial charge in [-0.15, -0.1) is 0 Å². The minimum Gasteiger partial charge on any atom is -0.465 e. The molecule has 0 saturated carbocycles. The van der Waals surface area contributed by atoms with Crippen molar-refractivity contribution in [3.8, 4) is 11.3 Å². The van der Waals surface area contributed by atoms with Gasteiger partial charge in [0, 0.05) is 18.0 Å². The first-order valence-corrected chi connectivity index (χ1v) is 8.41. The molecule has 138 valence electrons. The molecule has 27 heavy (non-hydrogen) atoms. The van der Waals surface area contributed by atoms with Gasteiger partial charge in [0.2, 0.25) is 0 Å². The van der Waals surface area contributed by atoms with Gasteiger partial charge in [0.15, 0.2) is 5.76 Å². The Kier molecular flexibility index (Phi) is 5.57. The first-order chi connectivity index (χ1) is 13.0. The topological polar surface area (TPSA) is 64.4 Å². The van der Waals surface area contributed by atoms with Crippen molar-refractivity contribution in [2.75, 3.05) is 12.4 Å². The quantitative estimate of drug-likeness (QED) is 0.602. The van der Waals surface area contributed by atoms with E-state index in [2.05, 4.69) is 10.5 Å². The number of benzene rings is 2. The molecule has 0 fully saturated rings. The number of ether oxygens (including phenoxy) is 1. The molecule has 0 aliphatic heterocycles. The maximum absolute atomic E-state index is 14.3. The van der Waals surface area contributed by atoms with Crippen LogP contribution in [0.3, 0.4) is 0 Å². The Morgan fingerprint density at radius 2 is 2.00 bits per heavy atom. The maximum Gasteiger partial charge on any atom is 0.344 e. The number of nitrogens with zero attached hydrogens (tertiary/aromatic N) is 1. The fourth-order valence-electron chi connectivity index (χ4n) is 2.47. The van der Waals surface area contributed by atoms with Gasteiger partial charge < -0.3 is 14.6 Å². The third kappa shape index (κ3) is 4.01. The van der Waals surface area contributed by atoms with E-state index < -0.39 is 11.8 Å². The number of carbonyl (C=O) groups excluding carboxylic acids is 1. The molecule has 1 aromatic heterocycles. The highest BCUT2D eigenvalue weighted by atomic mass is 35.5. The molecular weight excluding hydrogens is 371 g/mol. The van der Waals surface area contributed by atoms with Crippen molar-refractivity contribution in [1.29, 1.82) is 0 Å². The van der Waals surface area contributed by atoms with E-state index >= 15 is 0 Å². The zero-order valence-electron chi connectivity index (χ0n) is 14.6. The summed E-state index contributed by atoms with van der Waals surface area (Å²) in [7, 11) is 1.22. The van der Waals surface area contributed by atoms with E-state index in [9.17, 15) is 9.18 Å². The molecule has 0 unspecified atom stereocenters. The van der Waals surface area contributed by atoms with E-state index in [-0.39, 0.29) is 27.6 Å². The smallest absolute Gasteiger partial charge is 0.344 e. The lowest BCUT2D eigenvalue weighted by Crippen LogP contribution is -2.04. The summed E-state index contributed by atoms with van der Waals surface area (Å²) in [6, 6.07) is 11.9. The van der Waals surface area contributed by atoms with Crippen molar-refractivity contribution in [1.82, 2.24) is 5.16 Å². The van der Waals surface area contributed by atoms with Gasteiger partial charge in [-0.25, -0.2) is 9.18 Å². The normalized spacial score (nSPS) is 11.0. The van der Waals surface area contributed by atoms with Gasteiger partial charge in [0.05, 0.1) is 17.7 Å². The minimum atomic E-state index is -0.708. The van der Waals surface area contributed by atoms with E-state index in [0.29, 0.717) is 0 Å². The van der Waals surface area contributed by atoms with Crippen LogP contribution in [0.2, 0.25) is 5.02 Å². The summed E-state index contributed by atoms with van der Waals surface area (Å²) < 4.78 is 24.3. The SMILES string of the molecule is COC(=O)c1c(-c2c(F)cccc2Cl)noc1C=CNc1ccc(C)cc1. The lowest BCUT2D eigenvalue weighted by Gasteiger charge is -2.04. The summed E-state index contributed by atoms with van der Waals surface area (Å²) >= 11 is 6.09. The Hall–Kier alpha value is -3.12. The van der Waals surface area contributed by atoms with Crippen LogP contribution in [0.5, 0.6) is 0 Å². The molecule has 5 nitrogen and oxygen atoms in total. The number of halogens is 2. The standard InChI is InChI=1S/C20H16ClFN2O3/c1-12-6-8-13(9-7-12)23-11-10-16-18(20(25)26-2)19(24-27-16)17-14(21)4-3-5-15(17)22/h3-11,23H,1-2H3. The van der Waals surface area contributed by atoms with Gasteiger partial charge in [0.25, 0.3) is 0 Å². The van der Waals surface area contributed by atoms with Crippen LogP contribution in [0, 0.1) is 12.7 Å². The molecule has 0 aliphatic carbocycles. The van der Waals surface area contributed by atoms with Crippen LogP contribution in [-0.2, 0) is 4.74 Å². The van der Waals surface area contributed by atoms with E-state index in [1.165, 1.54) is 31.4 Å². The van der Waals surface area contributed by atoms with Crippen molar-refractivity contribution in [2.24, 2.45) is 0 Å². The van der Waals surface area contributed by atoms with Gasteiger partial charge >= 0.3 is 5.97 Å². The van der Waals surface area contributed by atoms with Gasteiger partial charge in [-0.2, -0.15) is 0 Å². The zero-order valence-corrected chi connectivity index (χ0v) is 15.4. The van der Waals surface area contributed by atoms with Gasteiger partial charge in [-0.05, 0) is 31.2 Å². The molecule has 1 heterocycles. The van der Waals surface area contributed by atoms with Crippen molar-refractivity contribution >= 4 is 29.3 Å². The Labute approximate surface area is 160 Å². The number of carbonyl (C=O) groups is 1.